The van der Waals surface area contributed by atoms with E-state index < -0.39 is 0 Å². The Morgan fingerprint density at radius 2 is 2.18 bits per heavy atom. The van der Waals surface area contributed by atoms with Crippen LogP contribution in [0.2, 0.25) is 0 Å². The second-order valence-corrected chi connectivity index (χ2v) is 9.04. The molecular weight excluding hydrogens is 443 g/mol. The zero-order valence-electron chi connectivity index (χ0n) is 18.5. The summed E-state index contributed by atoms with van der Waals surface area (Å²) in [5.74, 6) is 1.02. The number of rotatable bonds is 11. The second kappa shape index (κ2) is 10.4. The molecule has 4 rings (SSSR count). The van der Waals surface area contributed by atoms with Crippen molar-refractivity contribution in [1.82, 2.24) is 15.6 Å². The highest BCUT2D eigenvalue weighted by Crippen LogP contribution is 2.31. The molecule has 1 aliphatic heterocycles. The van der Waals surface area contributed by atoms with Gasteiger partial charge in [0.05, 0.1) is 19.7 Å². The molecule has 0 bridgehead atoms. The summed E-state index contributed by atoms with van der Waals surface area (Å²) in [7, 11) is 0. The van der Waals surface area contributed by atoms with E-state index in [2.05, 4.69) is 15.6 Å². The summed E-state index contributed by atoms with van der Waals surface area (Å²) in [6.45, 7) is 3.00. The Morgan fingerprint density at radius 3 is 2.91 bits per heavy atom. The first-order chi connectivity index (χ1) is 15.9. The van der Waals surface area contributed by atoms with E-state index >= 15 is 0 Å². The summed E-state index contributed by atoms with van der Waals surface area (Å²) in [5.41, 5.74) is 1.79. The lowest BCUT2D eigenvalue weighted by molar-refractivity contribution is -0.118. The number of pyridine rings is 1. The van der Waals surface area contributed by atoms with Crippen LogP contribution in [0.4, 0.5) is 15.0 Å². The summed E-state index contributed by atoms with van der Waals surface area (Å²) in [4.78, 5) is 30.5. The van der Waals surface area contributed by atoms with Gasteiger partial charge in [-0.15, -0.1) is 0 Å². The largest absolute Gasteiger partial charge is 0.490 e. The first kappa shape index (κ1) is 23.3. The summed E-state index contributed by atoms with van der Waals surface area (Å²) >= 11 is 5.04. The Kier molecular flexibility index (Phi) is 7.29. The highest BCUT2D eigenvalue weighted by Gasteiger charge is 2.26. The summed E-state index contributed by atoms with van der Waals surface area (Å²) in [5, 5.41) is 5.79. The average molecular weight is 471 g/mol. The van der Waals surface area contributed by atoms with E-state index in [9.17, 15) is 14.0 Å². The van der Waals surface area contributed by atoms with Crippen LogP contribution in [-0.4, -0.2) is 41.5 Å². The molecule has 2 fully saturated rings. The summed E-state index contributed by atoms with van der Waals surface area (Å²) in [6, 6.07) is 8.05. The van der Waals surface area contributed by atoms with Gasteiger partial charge in [-0.1, -0.05) is 18.3 Å². The van der Waals surface area contributed by atoms with E-state index in [1.807, 2.05) is 13.0 Å². The number of carbonyl (C=O) groups is 2. The minimum Gasteiger partial charge on any atom is -0.490 e. The van der Waals surface area contributed by atoms with Crippen LogP contribution < -0.4 is 20.3 Å². The van der Waals surface area contributed by atoms with Gasteiger partial charge in [0.2, 0.25) is 0 Å². The van der Waals surface area contributed by atoms with Crippen LogP contribution in [0.1, 0.15) is 43.4 Å². The summed E-state index contributed by atoms with van der Waals surface area (Å²) < 4.78 is 19.6. The van der Waals surface area contributed by atoms with Gasteiger partial charge in [0.25, 0.3) is 0 Å². The number of hydrogen-bond donors (Lipinski definition) is 2. The topological polar surface area (TPSA) is 83.6 Å². The molecule has 2 aliphatic rings. The number of aryl methyl sites for hydroxylation is 1. The fourth-order valence-electron chi connectivity index (χ4n) is 3.54. The molecule has 2 heterocycles. The number of aromatic nitrogens is 1. The molecule has 1 atom stereocenters. The predicted molar refractivity (Wildman–Crippen MR) is 127 cm³/mol. The smallest absolute Gasteiger partial charge is 0.328 e. The van der Waals surface area contributed by atoms with Crippen LogP contribution in [0.3, 0.4) is 0 Å². The molecule has 1 aliphatic carbocycles. The number of ether oxygens (including phenoxy) is 1. The van der Waals surface area contributed by atoms with Gasteiger partial charge in [0.15, 0.2) is 11.6 Å². The molecule has 0 unspecified atom stereocenters. The third-order valence-electron chi connectivity index (χ3n) is 5.80. The third-order valence-corrected chi connectivity index (χ3v) is 6.04. The molecule has 2 amide bonds. The first-order valence-electron chi connectivity index (χ1n) is 11.1. The molecule has 7 nitrogen and oxygen atoms in total. The lowest BCUT2D eigenvalue weighted by Crippen LogP contribution is -2.28. The molecular formula is C24H27FN4O3S. The van der Waals surface area contributed by atoms with Gasteiger partial charge in [-0.3, -0.25) is 9.69 Å². The molecule has 2 aromatic rings. The number of halogens is 1. The van der Waals surface area contributed by atoms with Crippen molar-refractivity contribution in [2.45, 2.75) is 38.6 Å². The lowest BCUT2D eigenvalue weighted by Gasteiger charge is -2.16. The number of hydrogen-bond acceptors (Lipinski definition) is 6. The monoisotopic (exact) mass is 470 g/mol. The van der Waals surface area contributed by atoms with Crippen molar-refractivity contribution in [1.29, 1.82) is 0 Å². The maximum atomic E-state index is 14.0. The van der Waals surface area contributed by atoms with Gasteiger partial charge in [-0.2, -0.15) is 0 Å². The highest BCUT2D eigenvalue weighted by molar-refractivity contribution is 7.80. The normalized spacial score (nSPS) is 16.6. The number of ketones is 1. The lowest BCUT2D eigenvalue weighted by atomic mass is 10.1. The molecule has 1 aromatic heterocycles. The van der Waals surface area contributed by atoms with Gasteiger partial charge >= 0.3 is 6.03 Å². The Morgan fingerprint density at radius 1 is 1.36 bits per heavy atom. The number of urea groups is 1. The van der Waals surface area contributed by atoms with Gasteiger partial charge in [0.1, 0.15) is 16.6 Å². The van der Waals surface area contributed by atoms with E-state index in [0.29, 0.717) is 42.7 Å². The minimum absolute atomic E-state index is 0.0626. The van der Waals surface area contributed by atoms with Crippen molar-refractivity contribution >= 4 is 34.8 Å². The molecule has 1 saturated heterocycles. The second-order valence-electron chi connectivity index (χ2n) is 8.55. The van der Waals surface area contributed by atoms with E-state index in [1.54, 1.807) is 24.4 Å². The fraction of sp³-hybridized carbons (Fsp3) is 0.417. The van der Waals surface area contributed by atoms with Crippen LogP contribution in [-0.2, 0) is 11.2 Å². The Balaban J connectivity index is 1.26. The van der Waals surface area contributed by atoms with E-state index in [4.69, 9.17) is 17.0 Å². The van der Waals surface area contributed by atoms with E-state index in [-0.39, 0.29) is 36.0 Å². The highest BCUT2D eigenvalue weighted by atomic mass is 32.1. The zero-order chi connectivity index (χ0) is 23.4. The SMILES string of the molecule is C[C@@H](NCC(=O)CCc1ccnc(N2CC(=S)NC2=O)c1)c1ccc(F)c(OCC2CC2)c1. The number of thiocarbonyl (C=S) groups is 1. The number of nitrogens with one attached hydrogen (secondary N) is 2. The van der Waals surface area contributed by atoms with Crippen LogP contribution in [0.15, 0.2) is 36.5 Å². The maximum Gasteiger partial charge on any atom is 0.328 e. The molecule has 1 saturated carbocycles. The van der Waals surface area contributed by atoms with E-state index in [1.165, 1.54) is 11.0 Å². The number of amides is 2. The number of anilines is 1. The number of carbonyl (C=O) groups excluding carboxylic acids is 2. The third kappa shape index (κ3) is 6.33. The molecule has 0 radical (unpaired) electrons. The molecule has 9 heteroatoms. The minimum atomic E-state index is -0.368. The first-order valence-corrected chi connectivity index (χ1v) is 11.5. The Bertz CT molecular complexity index is 1060. The summed E-state index contributed by atoms with van der Waals surface area (Å²) in [6.07, 6.45) is 4.81. The Hall–Kier alpha value is -2.91. The van der Waals surface area contributed by atoms with Gasteiger partial charge < -0.3 is 15.4 Å². The van der Waals surface area contributed by atoms with Crippen molar-refractivity contribution < 1.29 is 18.7 Å². The molecule has 174 valence electrons. The van der Waals surface area contributed by atoms with Crippen molar-refractivity contribution in [2.75, 3.05) is 24.6 Å². The van der Waals surface area contributed by atoms with Gasteiger partial charge in [-0.25, -0.2) is 14.2 Å². The van der Waals surface area contributed by atoms with Crippen LogP contribution in [0, 0.1) is 11.7 Å². The fourth-order valence-corrected chi connectivity index (χ4v) is 3.76. The predicted octanol–water partition coefficient (Wildman–Crippen LogP) is 3.72. The molecule has 2 N–H and O–H groups in total. The van der Waals surface area contributed by atoms with Crippen LogP contribution >= 0.6 is 12.2 Å². The molecule has 0 spiro atoms. The van der Waals surface area contributed by atoms with Crippen molar-refractivity contribution in [3.05, 3.63) is 53.5 Å². The van der Waals surface area contributed by atoms with Gasteiger partial charge in [0, 0.05) is 18.7 Å². The van der Waals surface area contributed by atoms with Crippen LogP contribution in [0.25, 0.3) is 0 Å². The number of benzene rings is 1. The zero-order valence-corrected chi connectivity index (χ0v) is 19.3. The molecule has 33 heavy (non-hydrogen) atoms. The quantitative estimate of drug-likeness (QED) is 0.487. The van der Waals surface area contributed by atoms with Crippen molar-refractivity contribution in [3.63, 3.8) is 0 Å². The molecule has 1 aromatic carbocycles. The van der Waals surface area contributed by atoms with Crippen LogP contribution in [0.5, 0.6) is 5.75 Å². The van der Waals surface area contributed by atoms with E-state index in [0.717, 1.165) is 24.0 Å². The van der Waals surface area contributed by atoms with Crippen molar-refractivity contribution in [3.8, 4) is 5.75 Å². The number of Topliss-reactive ketones (excluding diaryl/α,β-unsaturated/α-hetero) is 1. The standard InChI is InChI=1S/C24H27FN4O3S/c1-15(18-5-7-20(25)21(11-18)32-14-17-2-3-17)27-12-19(30)6-4-16-8-9-26-22(10-16)29-13-23(33)28-24(29)31/h5,7-11,15,17,27H,2-4,6,12-14H2,1H3,(H,28,31,33)/t15-/m1/s1. The Labute approximate surface area is 197 Å². The average Bonchev–Trinajstić information content (AvgIpc) is 3.57. The number of nitrogens with zero attached hydrogens (tertiary/aromatic N) is 2. The van der Waals surface area contributed by atoms with Gasteiger partial charge in [-0.05, 0) is 67.5 Å². The maximum absolute atomic E-state index is 14.0. The van der Waals surface area contributed by atoms with Crippen molar-refractivity contribution in [2.24, 2.45) is 5.92 Å².